The lowest BCUT2D eigenvalue weighted by molar-refractivity contribution is -0.144. The van der Waals surface area contributed by atoms with Crippen molar-refractivity contribution in [1.29, 1.82) is 0 Å². The van der Waals surface area contributed by atoms with E-state index in [1.807, 2.05) is 66.7 Å². The first kappa shape index (κ1) is 33.8. The molecule has 6 unspecified atom stereocenters. The summed E-state index contributed by atoms with van der Waals surface area (Å²) < 4.78 is 0. The number of piperidine rings is 1. The summed E-state index contributed by atoms with van der Waals surface area (Å²) in [4.78, 5) is 64.4. The summed E-state index contributed by atoms with van der Waals surface area (Å²) >= 11 is 6.41. The summed E-state index contributed by atoms with van der Waals surface area (Å²) in [6, 6.07) is 33.2. The third-order valence-electron chi connectivity index (χ3n) is 12.6. The number of nitrogens with zero attached hydrogens (tertiary/aromatic N) is 3. The number of likely N-dealkylation sites (tertiary alicyclic amines) is 2. The minimum atomic E-state index is -1.43. The molecule has 0 radical (unpaired) electrons. The molecule has 2 aliphatic carbocycles. The zero-order valence-electron chi connectivity index (χ0n) is 29.2. The molecular formula is C44H40ClN3O5. The van der Waals surface area contributed by atoms with Gasteiger partial charge in [-0.1, -0.05) is 108 Å². The van der Waals surface area contributed by atoms with Gasteiger partial charge in [-0.2, -0.15) is 0 Å². The number of halogens is 1. The Morgan fingerprint density at radius 1 is 0.755 bits per heavy atom. The number of aromatic hydroxyl groups is 1. The SMILES string of the molecule is O=C1C2CC3C(=CCC4C(=O)N(C5CCN(Cc6ccccc6)CC5)C(=O)C43)C(c3ccccc3O)C2(c2ccccc2)C(=O)N1c1cccc(Cl)c1. The lowest BCUT2D eigenvalue weighted by atomic mass is 9.49. The molecule has 53 heavy (non-hydrogen) atoms. The van der Waals surface area contributed by atoms with Crippen molar-refractivity contribution >= 4 is 40.9 Å². The van der Waals surface area contributed by atoms with E-state index in [9.17, 15) is 19.5 Å². The molecule has 1 N–H and O–H groups in total. The Kier molecular flexibility index (Phi) is 8.35. The summed E-state index contributed by atoms with van der Waals surface area (Å²) in [5.41, 5.74) is 2.21. The number of carbonyl (C=O) groups is 4. The topological polar surface area (TPSA) is 98.2 Å². The second-order valence-electron chi connectivity index (χ2n) is 15.2. The van der Waals surface area contributed by atoms with Crippen molar-refractivity contribution in [3.63, 3.8) is 0 Å². The van der Waals surface area contributed by atoms with Crippen LogP contribution in [0.5, 0.6) is 5.75 Å². The van der Waals surface area contributed by atoms with Crippen LogP contribution in [0.25, 0.3) is 0 Å². The molecule has 3 saturated heterocycles. The summed E-state index contributed by atoms with van der Waals surface area (Å²) in [5, 5.41) is 11.9. The van der Waals surface area contributed by atoms with Gasteiger partial charge < -0.3 is 5.11 Å². The van der Waals surface area contributed by atoms with Crippen molar-refractivity contribution < 1.29 is 24.3 Å². The maximum absolute atomic E-state index is 15.3. The fourth-order valence-electron chi connectivity index (χ4n) is 10.4. The fraction of sp³-hybridized carbons (Fsp3) is 0.318. The van der Waals surface area contributed by atoms with Gasteiger partial charge in [0.25, 0.3) is 0 Å². The van der Waals surface area contributed by atoms with Crippen molar-refractivity contribution in [2.24, 2.45) is 23.7 Å². The Morgan fingerprint density at radius 3 is 2.17 bits per heavy atom. The van der Waals surface area contributed by atoms with E-state index in [1.54, 1.807) is 41.3 Å². The molecule has 4 aromatic rings. The van der Waals surface area contributed by atoms with Gasteiger partial charge in [-0.15, -0.1) is 0 Å². The molecule has 9 heteroatoms. The van der Waals surface area contributed by atoms with E-state index in [0.29, 0.717) is 41.1 Å². The Hall–Kier alpha value is -5.05. The maximum atomic E-state index is 15.3. The Bertz CT molecular complexity index is 2150. The molecule has 0 aromatic heterocycles. The van der Waals surface area contributed by atoms with Gasteiger partial charge in [0, 0.05) is 42.2 Å². The normalized spacial score (nSPS) is 28.8. The molecule has 5 aliphatic rings. The highest BCUT2D eigenvalue weighted by atomic mass is 35.5. The Labute approximate surface area is 313 Å². The van der Waals surface area contributed by atoms with Gasteiger partial charge >= 0.3 is 0 Å². The molecule has 4 amide bonds. The van der Waals surface area contributed by atoms with E-state index in [4.69, 9.17) is 11.6 Å². The summed E-state index contributed by atoms with van der Waals surface area (Å²) in [7, 11) is 0. The minimum Gasteiger partial charge on any atom is -0.508 e. The van der Waals surface area contributed by atoms with Crippen LogP contribution < -0.4 is 4.90 Å². The van der Waals surface area contributed by atoms with Crippen LogP contribution >= 0.6 is 11.6 Å². The third kappa shape index (κ3) is 5.21. The van der Waals surface area contributed by atoms with Crippen LogP contribution in [0, 0.1) is 23.7 Å². The number of fused-ring (bicyclic) bond motifs is 4. The van der Waals surface area contributed by atoms with Gasteiger partial charge in [-0.25, -0.2) is 4.90 Å². The predicted molar refractivity (Wildman–Crippen MR) is 201 cm³/mol. The number of para-hydroxylation sites is 1. The van der Waals surface area contributed by atoms with E-state index in [2.05, 4.69) is 17.0 Å². The highest BCUT2D eigenvalue weighted by Crippen LogP contribution is 2.65. The van der Waals surface area contributed by atoms with Crippen molar-refractivity contribution in [1.82, 2.24) is 9.80 Å². The van der Waals surface area contributed by atoms with Crippen molar-refractivity contribution in [3.05, 3.63) is 143 Å². The molecule has 3 aliphatic heterocycles. The highest BCUT2D eigenvalue weighted by molar-refractivity contribution is 6.32. The smallest absolute Gasteiger partial charge is 0.246 e. The number of carbonyl (C=O) groups excluding carboxylic acids is 4. The molecule has 6 atom stereocenters. The number of hydrogen-bond donors (Lipinski definition) is 1. The van der Waals surface area contributed by atoms with E-state index in [0.717, 1.165) is 25.2 Å². The monoisotopic (exact) mass is 725 g/mol. The number of allylic oxidation sites excluding steroid dienone is 2. The standard InChI is InChI=1S/C44H40ClN3O5/c45-29-14-9-15-31(24-29)48-41(51)36-25-35-32(39(33-16-7-8-17-37(33)49)44(36,43(48)53)28-12-5-2-6-13-28)18-19-34-38(35)42(52)47(40(34)50)30-20-22-46(23-21-30)26-27-10-3-1-4-11-27/h1-18,24,30,34-36,38-39,49H,19-23,25-26H2. The zero-order valence-corrected chi connectivity index (χ0v) is 29.9. The van der Waals surface area contributed by atoms with Crippen LogP contribution in [0.3, 0.4) is 0 Å². The van der Waals surface area contributed by atoms with E-state index >= 15 is 4.79 Å². The third-order valence-corrected chi connectivity index (χ3v) is 12.9. The van der Waals surface area contributed by atoms with E-state index in [1.165, 1.54) is 10.5 Å². The van der Waals surface area contributed by atoms with Gasteiger partial charge in [0.15, 0.2) is 0 Å². The summed E-state index contributed by atoms with van der Waals surface area (Å²) in [6.07, 6.45) is 4.02. The van der Waals surface area contributed by atoms with Crippen molar-refractivity contribution in [2.75, 3.05) is 18.0 Å². The first-order valence-electron chi connectivity index (χ1n) is 18.6. The predicted octanol–water partition coefficient (Wildman–Crippen LogP) is 6.87. The maximum Gasteiger partial charge on any atom is 0.246 e. The Balaban J connectivity index is 1.12. The van der Waals surface area contributed by atoms with Gasteiger partial charge in [0.05, 0.1) is 28.9 Å². The first-order chi connectivity index (χ1) is 25.8. The largest absolute Gasteiger partial charge is 0.508 e. The highest BCUT2D eigenvalue weighted by Gasteiger charge is 2.70. The molecule has 4 fully saturated rings. The number of phenolic OH excluding ortho intramolecular Hbond substituents is 1. The van der Waals surface area contributed by atoms with E-state index < -0.39 is 40.9 Å². The van der Waals surface area contributed by atoms with Crippen LogP contribution in [-0.2, 0) is 31.1 Å². The van der Waals surface area contributed by atoms with Crippen LogP contribution in [0.2, 0.25) is 5.02 Å². The number of hydrogen-bond acceptors (Lipinski definition) is 6. The average Bonchev–Trinajstić information content (AvgIpc) is 3.57. The van der Waals surface area contributed by atoms with Gasteiger partial charge in [-0.05, 0) is 67.0 Å². The molecule has 4 aromatic carbocycles. The molecule has 0 spiro atoms. The number of benzene rings is 4. The number of rotatable bonds is 6. The van der Waals surface area contributed by atoms with Crippen LogP contribution in [0.1, 0.15) is 48.3 Å². The average molecular weight is 726 g/mol. The number of imide groups is 2. The molecule has 1 saturated carbocycles. The second kappa shape index (κ2) is 13.1. The Morgan fingerprint density at radius 2 is 1.45 bits per heavy atom. The number of amides is 4. The summed E-state index contributed by atoms with van der Waals surface area (Å²) in [6.45, 7) is 2.39. The van der Waals surface area contributed by atoms with E-state index in [-0.39, 0.29) is 35.9 Å². The fourth-order valence-corrected chi connectivity index (χ4v) is 10.6. The molecule has 3 heterocycles. The first-order valence-corrected chi connectivity index (χ1v) is 19.0. The molecule has 9 rings (SSSR count). The quantitative estimate of drug-likeness (QED) is 0.172. The zero-order chi connectivity index (χ0) is 36.4. The number of phenols is 1. The number of anilines is 1. The van der Waals surface area contributed by atoms with Gasteiger partial charge in [-0.3, -0.25) is 29.0 Å². The van der Waals surface area contributed by atoms with Crippen molar-refractivity contribution in [3.8, 4) is 5.75 Å². The molecule has 8 nitrogen and oxygen atoms in total. The molecule has 268 valence electrons. The lowest BCUT2D eigenvalue weighted by Crippen LogP contribution is -2.53. The van der Waals surface area contributed by atoms with Crippen LogP contribution in [0.15, 0.2) is 121 Å². The minimum absolute atomic E-state index is 0.00870. The molecule has 0 bridgehead atoms. The second-order valence-corrected chi connectivity index (χ2v) is 15.6. The van der Waals surface area contributed by atoms with Crippen molar-refractivity contribution in [2.45, 2.75) is 49.6 Å². The molecular weight excluding hydrogens is 686 g/mol. The van der Waals surface area contributed by atoms with Crippen LogP contribution in [-0.4, -0.2) is 57.7 Å². The lowest BCUT2D eigenvalue weighted by Gasteiger charge is -2.50. The van der Waals surface area contributed by atoms with Gasteiger partial charge in [0.2, 0.25) is 23.6 Å². The van der Waals surface area contributed by atoms with Crippen LogP contribution in [0.4, 0.5) is 5.69 Å². The summed E-state index contributed by atoms with van der Waals surface area (Å²) in [5.74, 6) is -4.39. The van der Waals surface area contributed by atoms with Gasteiger partial charge in [0.1, 0.15) is 5.75 Å².